The van der Waals surface area contributed by atoms with Gasteiger partial charge < -0.3 is 0 Å². The summed E-state index contributed by atoms with van der Waals surface area (Å²) in [6, 6.07) is 0. The van der Waals surface area contributed by atoms with Crippen LogP contribution in [-0.4, -0.2) is 6.54 Å². The van der Waals surface area contributed by atoms with Crippen LogP contribution in [0.2, 0.25) is 0 Å². The minimum absolute atomic E-state index is 0.365. The van der Waals surface area contributed by atoms with Gasteiger partial charge in [-0.2, -0.15) is 4.91 Å². The van der Waals surface area contributed by atoms with Gasteiger partial charge in [-0.3, -0.25) is 0 Å². The van der Waals surface area contributed by atoms with Crippen LogP contribution < -0.4 is 0 Å². The molecule has 70 valence electrons. The van der Waals surface area contributed by atoms with Crippen LogP contribution in [0.4, 0.5) is 0 Å². The Morgan fingerprint density at radius 3 is 2.50 bits per heavy atom. The van der Waals surface area contributed by atoms with Crippen LogP contribution >= 0.6 is 0 Å². The minimum atomic E-state index is 0.365. The molecule has 1 aliphatic carbocycles. The molecule has 2 heteroatoms. The van der Waals surface area contributed by atoms with Crippen molar-refractivity contribution in [2.45, 2.75) is 40.0 Å². The van der Waals surface area contributed by atoms with Gasteiger partial charge in [-0.25, -0.2) is 0 Å². The molecule has 0 aromatic heterocycles. The van der Waals surface area contributed by atoms with Crippen LogP contribution in [0.5, 0.6) is 0 Å². The molecule has 1 saturated carbocycles. The topological polar surface area (TPSA) is 29.4 Å². The third-order valence-corrected chi connectivity index (χ3v) is 3.61. The van der Waals surface area contributed by atoms with Gasteiger partial charge in [-0.1, -0.05) is 38.8 Å². The van der Waals surface area contributed by atoms with Crippen LogP contribution in [0.3, 0.4) is 0 Å². The number of nitrogens with zero attached hydrogens (tertiary/aromatic N) is 1. The summed E-state index contributed by atoms with van der Waals surface area (Å²) in [4.78, 5) is 10.1. The first-order valence-electron chi connectivity index (χ1n) is 4.92. The highest BCUT2D eigenvalue weighted by molar-refractivity contribution is 4.96. The summed E-state index contributed by atoms with van der Waals surface area (Å²) in [7, 11) is 0. The van der Waals surface area contributed by atoms with Gasteiger partial charge in [0.2, 0.25) is 0 Å². The minimum Gasteiger partial charge on any atom is -0.151 e. The first kappa shape index (κ1) is 9.69. The number of nitroso groups, excluding NO2 is 1. The first-order valence-corrected chi connectivity index (χ1v) is 4.92. The average Bonchev–Trinajstić information content (AvgIpc) is 2.03. The van der Waals surface area contributed by atoms with Crippen molar-refractivity contribution in [2.24, 2.45) is 22.4 Å². The molecule has 0 bridgehead atoms. The molecule has 0 heterocycles. The maximum Gasteiger partial charge on any atom is 0.0844 e. The van der Waals surface area contributed by atoms with Gasteiger partial charge in [0.1, 0.15) is 0 Å². The molecule has 0 N–H and O–H groups in total. The van der Waals surface area contributed by atoms with Crippen molar-refractivity contribution in [3.63, 3.8) is 0 Å². The third kappa shape index (κ3) is 1.52. The Morgan fingerprint density at radius 2 is 2.08 bits per heavy atom. The highest BCUT2D eigenvalue weighted by atomic mass is 16.3. The standard InChI is InChI=1S/C10H19NO/c1-4-5-8-6-9(7-11-12)10(8,2)3/h8-9H,4-7H2,1-3H3. The molecular formula is C10H19NO. The van der Waals surface area contributed by atoms with Crippen LogP contribution in [0, 0.1) is 22.2 Å². The summed E-state index contributed by atoms with van der Waals surface area (Å²) in [6.07, 6.45) is 3.78. The molecule has 1 aliphatic rings. The van der Waals surface area contributed by atoms with E-state index in [1.165, 1.54) is 19.3 Å². The second kappa shape index (κ2) is 3.55. The van der Waals surface area contributed by atoms with Gasteiger partial charge in [0.05, 0.1) is 6.54 Å². The fourth-order valence-corrected chi connectivity index (χ4v) is 2.36. The van der Waals surface area contributed by atoms with Gasteiger partial charge in [-0.05, 0) is 23.7 Å². The Bertz CT molecular complexity index is 165. The van der Waals surface area contributed by atoms with Crippen molar-refractivity contribution in [3.8, 4) is 0 Å². The van der Waals surface area contributed by atoms with Crippen molar-refractivity contribution in [1.82, 2.24) is 0 Å². The summed E-state index contributed by atoms with van der Waals surface area (Å²) in [6.45, 7) is 7.29. The van der Waals surface area contributed by atoms with Gasteiger partial charge in [0.15, 0.2) is 0 Å². The molecule has 2 nitrogen and oxygen atoms in total. The highest BCUT2D eigenvalue weighted by Gasteiger charge is 2.46. The van der Waals surface area contributed by atoms with Crippen LogP contribution in [0.1, 0.15) is 40.0 Å². The smallest absolute Gasteiger partial charge is 0.0844 e. The molecule has 2 atom stereocenters. The summed E-state index contributed by atoms with van der Waals surface area (Å²) in [5.41, 5.74) is 0.365. The summed E-state index contributed by atoms with van der Waals surface area (Å²) in [5.74, 6) is 1.38. The van der Waals surface area contributed by atoms with E-state index in [9.17, 15) is 4.91 Å². The molecule has 0 amide bonds. The maximum absolute atomic E-state index is 10.1. The van der Waals surface area contributed by atoms with Crippen molar-refractivity contribution < 1.29 is 0 Å². The Balaban J connectivity index is 2.41. The van der Waals surface area contributed by atoms with E-state index >= 15 is 0 Å². The largest absolute Gasteiger partial charge is 0.151 e. The van der Waals surface area contributed by atoms with Crippen molar-refractivity contribution in [2.75, 3.05) is 6.54 Å². The Kier molecular flexibility index (Phi) is 2.86. The Labute approximate surface area is 74.7 Å². The van der Waals surface area contributed by atoms with E-state index in [0.29, 0.717) is 17.9 Å². The Hall–Kier alpha value is -0.400. The van der Waals surface area contributed by atoms with Crippen molar-refractivity contribution in [3.05, 3.63) is 4.91 Å². The van der Waals surface area contributed by atoms with Crippen LogP contribution in [-0.2, 0) is 0 Å². The highest BCUT2D eigenvalue weighted by Crippen LogP contribution is 2.53. The lowest BCUT2D eigenvalue weighted by molar-refractivity contribution is -0.0193. The monoisotopic (exact) mass is 169 g/mol. The number of hydrogen-bond donors (Lipinski definition) is 0. The third-order valence-electron chi connectivity index (χ3n) is 3.61. The Morgan fingerprint density at radius 1 is 1.42 bits per heavy atom. The molecule has 1 rings (SSSR count). The van der Waals surface area contributed by atoms with Gasteiger partial charge in [0, 0.05) is 0 Å². The normalized spacial score (nSPS) is 32.6. The second-order valence-corrected chi connectivity index (χ2v) is 4.55. The molecule has 0 radical (unpaired) electrons. The predicted octanol–water partition coefficient (Wildman–Crippen LogP) is 3.22. The lowest BCUT2D eigenvalue weighted by Crippen LogP contribution is -2.46. The molecule has 0 spiro atoms. The fraction of sp³-hybridized carbons (Fsp3) is 1.00. The zero-order valence-electron chi connectivity index (χ0n) is 8.34. The van der Waals surface area contributed by atoms with E-state index in [4.69, 9.17) is 0 Å². The summed E-state index contributed by atoms with van der Waals surface area (Å²) >= 11 is 0. The zero-order chi connectivity index (χ0) is 9.19. The van der Waals surface area contributed by atoms with Crippen molar-refractivity contribution in [1.29, 1.82) is 0 Å². The van der Waals surface area contributed by atoms with E-state index in [-0.39, 0.29) is 0 Å². The van der Waals surface area contributed by atoms with E-state index in [0.717, 1.165) is 5.92 Å². The second-order valence-electron chi connectivity index (χ2n) is 4.55. The maximum atomic E-state index is 10.1. The molecule has 0 saturated heterocycles. The van der Waals surface area contributed by atoms with E-state index in [2.05, 4.69) is 25.9 Å². The molecule has 0 aromatic rings. The SMILES string of the molecule is CCCC1CC(CN=O)C1(C)C. The van der Waals surface area contributed by atoms with E-state index in [1.807, 2.05) is 0 Å². The number of rotatable bonds is 4. The number of hydrogen-bond acceptors (Lipinski definition) is 2. The van der Waals surface area contributed by atoms with Gasteiger partial charge in [0.25, 0.3) is 0 Å². The first-order chi connectivity index (χ1) is 5.62. The summed E-state index contributed by atoms with van der Waals surface area (Å²) < 4.78 is 0. The van der Waals surface area contributed by atoms with Crippen LogP contribution in [0.25, 0.3) is 0 Å². The molecule has 1 fully saturated rings. The van der Waals surface area contributed by atoms with E-state index in [1.54, 1.807) is 0 Å². The lowest BCUT2D eigenvalue weighted by atomic mass is 9.53. The molecular weight excluding hydrogens is 150 g/mol. The van der Waals surface area contributed by atoms with Crippen molar-refractivity contribution >= 4 is 0 Å². The molecule has 0 aliphatic heterocycles. The summed E-state index contributed by atoms with van der Waals surface area (Å²) in [5, 5.41) is 3.00. The molecule has 2 unspecified atom stereocenters. The van der Waals surface area contributed by atoms with E-state index < -0.39 is 0 Å². The quantitative estimate of drug-likeness (QED) is 0.594. The lowest BCUT2D eigenvalue weighted by Gasteiger charge is -2.51. The average molecular weight is 169 g/mol. The molecule has 0 aromatic carbocycles. The molecule has 12 heavy (non-hydrogen) atoms. The predicted molar refractivity (Wildman–Crippen MR) is 50.9 cm³/mol. The van der Waals surface area contributed by atoms with Crippen LogP contribution in [0.15, 0.2) is 5.18 Å². The zero-order valence-corrected chi connectivity index (χ0v) is 8.34. The van der Waals surface area contributed by atoms with Gasteiger partial charge >= 0.3 is 0 Å². The fourth-order valence-electron chi connectivity index (χ4n) is 2.36. The van der Waals surface area contributed by atoms with Gasteiger partial charge in [-0.15, -0.1) is 0 Å².